The standard InChI is InChI=1S/C23H20FN5O2/c24-19-6-2-1-5-18(19)23(11-3-4-12-23)22(31)28-15-7-9-16(10-8-15)29-20-17(13-27-29)21(30)26-14-25-20/h1-2,5-10,13-14H,3-4,11-12H2,(H,28,31)(H,25,26,30). The summed E-state index contributed by atoms with van der Waals surface area (Å²) < 4.78 is 16.1. The van der Waals surface area contributed by atoms with Crippen molar-refractivity contribution >= 4 is 22.6 Å². The van der Waals surface area contributed by atoms with Crippen LogP contribution in [0.2, 0.25) is 0 Å². The smallest absolute Gasteiger partial charge is 0.261 e. The molecule has 0 aliphatic heterocycles. The van der Waals surface area contributed by atoms with E-state index in [1.165, 1.54) is 18.6 Å². The number of amides is 1. The van der Waals surface area contributed by atoms with Gasteiger partial charge in [0.15, 0.2) is 5.65 Å². The maximum atomic E-state index is 14.5. The number of H-pyrrole nitrogens is 1. The van der Waals surface area contributed by atoms with Crippen molar-refractivity contribution in [2.75, 3.05) is 5.32 Å². The average Bonchev–Trinajstić information content (AvgIpc) is 3.44. The number of benzene rings is 2. The van der Waals surface area contributed by atoms with E-state index in [1.54, 1.807) is 47.1 Å². The van der Waals surface area contributed by atoms with E-state index in [1.807, 2.05) is 0 Å². The zero-order valence-corrected chi connectivity index (χ0v) is 16.6. The largest absolute Gasteiger partial charge is 0.325 e. The highest BCUT2D eigenvalue weighted by Gasteiger charge is 2.44. The first-order valence-corrected chi connectivity index (χ1v) is 10.2. The number of aromatic nitrogens is 4. The summed E-state index contributed by atoms with van der Waals surface area (Å²) in [6.07, 6.45) is 5.82. The highest BCUT2D eigenvalue weighted by Crippen LogP contribution is 2.43. The molecule has 0 atom stereocenters. The summed E-state index contributed by atoms with van der Waals surface area (Å²) in [6.45, 7) is 0. The Hall–Kier alpha value is -3.81. The lowest BCUT2D eigenvalue weighted by Gasteiger charge is -2.28. The van der Waals surface area contributed by atoms with E-state index < -0.39 is 5.41 Å². The molecule has 4 aromatic rings. The first-order valence-electron chi connectivity index (χ1n) is 10.2. The number of halogens is 1. The lowest BCUT2D eigenvalue weighted by atomic mass is 9.77. The lowest BCUT2D eigenvalue weighted by molar-refractivity contribution is -0.121. The van der Waals surface area contributed by atoms with Crippen molar-refractivity contribution in [1.82, 2.24) is 19.7 Å². The van der Waals surface area contributed by atoms with Crippen molar-refractivity contribution in [3.8, 4) is 5.69 Å². The fourth-order valence-electron chi connectivity index (χ4n) is 4.43. The topological polar surface area (TPSA) is 92.7 Å². The molecule has 1 saturated carbocycles. The van der Waals surface area contributed by atoms with Gasteiger partial charge in [-0.25, -0.2) is 14.1 Å². The number of carbonyl (C=O) groups excluding carboxylic acids is 1. The number of anilines is 1. The molecule has 5 rings (SSSR count). The molecule has 1 aliphatic rings. The molecule has 0 spiro atoms. The highest BCUT2D eigenvalue weighted by atomic mass is 19.1. The minimum Gasteiger partial charge on any atom is -0.325 e. The second-order valence-electron chi connectivity index (χ2n) is 7.80. The number of fused-ring (bicyclic) bond motifs is 1. The van der Waals surface area contributed by atoms with Crippen LogP contribution >= 0.6 is 0 Å². The van der Waals surface area contributed by atoms with E-state index in [-0.39, 0.29) is 17.3 Å². The Labute approximate surface area is 176 Å². The molecule has 156 valence electrons. The molecular weight excluding hydrogens is 397 g/mol. The molecule has 2 N–H and O–H groups in total. The van der Waals surface area contributed by atoms with E-state index in [4.69, 9.17) is 0 Å². The molecule has 0 radical (unpaired) electrons. The Balaban J connectivity index is 1.43. The zero-order valence-electron chi connectivity index (χ0n) is 16.6. The molecule has 0 bridgehead atoms. The maximum absolute atomic E-state index is 14.5. The Morgan fingerprint density at radius 3 is 2.58 bits per heavy atom. The molecule has 1 aliphatic carbocycles. The molecule has 2 heterocycles. The summed E-state index contributed by atoms with van der Waals surface area (Å²) in [5.74, 6) is -0.538. The Kier molecular flexibility index (Phi) is 4.62. The van der Waals surface area contributed by atoms with Gasteiger partial charge in [0.2, 0.25) is 5.91 Å². The number of hydrogen-bond acceptors (Lipinski definition) is 4. The van der Waals surface area contributed by atoms with Crippen LogP contribution < -0.4 is 10.9 Å². The first kappa shape index (κ1) is 19.2. The van der Waals surface area contributed by atoms with Crippen molar-refractivity contribution < 1.29 is 9.18 Å². The summed E-state index contributed by atoms with van der Waals surface area (Å²) in [6, 6.07) is 13.6. The third kappa shape index (κ3) is 3.20. The number of nitrogens with zero attached hydrogens (tertiary/aromatic N) is 3. The average molecular weight is 417 g/mol. The Morgan fingerprint density at radius 1 is 1.10 bits per heavy atom. The van der Waals surface area contributed by atoms with Gasteiger partial charge in [-0.1, -0.05) is 31.0 Å². The highest BCUT2D eigenvalue weighted by molar-refractivity contribution is 5.99. The zero-order chi connectivity index (χ0) is 21.4. The van der Waals surface area contributed by atoms with Crippen LogP contribution in [-0.4, -0.2) is 25.7 Å². The van der Waals surface area contributed by atoms with Crippen LogP contribution in [0, 0.1) is 5.82 Å². The van der Waals surface area contributed by atoms with Gasteiger partial charge in [0, 0.05) is 11.3 Å². The molecule has 8 heteroatoms. The van der Waals surface area contributed by atoms with E-state index >= 15 is 0 Å². The monoisotopic (exact) mass is 417 g/mol. The Morgan fingerprint density at radius 2 is 1.84 bits per heavy atom. The van der Waals surface area contributed by atoms with Gasteiger partial charge >= 0.3 is 0 Å². The van der Waals surface area contributed by atoms with Crippen molar-refractivity contribution in [3.63, 3.8) is 0 Å². The third-order valence-electron chi connectivity index (χ3n) is 6.02. The van der Waals surface area contributed by atoms with E-state index in [0.29, 0.717) is 40.8 Å². The van der Waals surface area contributed by atoms with Crippen LogP contribution in [0.15, 0.2) is 65.8 Å². The van der Waals surface area contributed by atoms with Crippen LogP contribution in [0.5, 0.6) is 0 Å². The maximum Gasteiger partial charge on any atom is 0.261 e. The SMILES string of the molecule is O=C(Nc1ccc(-n2ncc3c(=O)[nH]cnc32)cc1)C1(c2ccccc2F)CCCC1. The predicted molar refractivity (Wildman–Crippen MR) is 115 cm³/mol. The molecule has 2 aromatic heterocycles. The third-order valence-corrected chi connectivity index (χ3v) is 6.02. The molecule has 2 aromatic carbocycles. The molecule has 0 saturated heterocycles. The summed E-state index contributed by atoms with van der Waals surface area (Å²) >= 11 is 0. The molecular formula is C23H20FN5O2. The number of rotatable bonds is 4. The summed E-state index contributed by atoms with van der Waals surface area (Å²) in [7, 11) is 0. The van der Waals surface area contributed by atoms with Gasteiger partial charge in [-0.05, 0) is 43.2 Å². The van der Waals surface area contributed by atoms with E-state index in [0.717, 1.165) is 12.8 Å². The summed E-state index contributed by atoms with van der Waals surface area (Å²) in [5.41, 5.74) is 1.11. The van der Waals surface area contributed by atoms with Crippen LogP contribution in [0.25, 0.3) is 16.7 Å². The van der Waals surface area contributed by atoms with E-state index in [2.05, 4.69) is 20.4 Å². The van der Waals surface area contributed by atoms with Gasteiger partial charge in [-0.15, -0.1) is 0 Å². The van der Waals surface area contributed by atoms with Crippen LogP contribution in [0.4, 0.5) is 10.1 Å². The minimum absolute atomic E-state index is 0.194. The second kappa shape index (κ2) is 7.46. The summed E-state index contributed by atoms with van der Waals surface area (Å²) in [4.78, 5) is 31.9. The quantitative estimate of drug-likeness (QED) is 0.530. The summed E-state index contributed by atoms with van der Waals surface area (Å²) in [5, 5.41) is 7.61. The van der Waals surface area contributed by atoms with Crippen molar-refractivity contribution in [2.45, 2.75) is 31.1 Å². The first-order chi connectivity index (χ1) is 15.1. The fraction of sp³-hybridized carbons (Fsp3) is 0.217. The minimum atomic E-state index is -0.854. The molecule has 0 unspecified atom stereocenters. The number of hydrogen-bond donors (Lipinski definition) is 2. The molecule has 7 nitrogen and oxygen atoms in total. The van der Waals surface area contributed by atoms with Gasteiger partial charge in [0.25, 0.3) is 5.56 Å². The normalized spacial score (nSPS) is 15.3. The van der Waals surface area contributed by atoms with E-state index in [9.17, 15) is 14.0 Å². The van der Waals surface area contributed by atoms with Crippen molar-refractivity contribution in [1.29, 1.82) is 0 Å². The Bertz CT molecular complexity index is 1320. The number of aromatic amines is 1. The van der Waals surface area contributed by atoms with Crippen molar-refractivity contribution in [3.05, 3.63) is 82.8 Å². The van der Waals surface area contributed by atoms with Crippen LogP contribution in [0.3, 0.4) is 0 Å². The lowest BCUT2D eigenvalue weighted by Crippen LogP contribution is -2.38. The van der Waals surface area contributed by atoms with Gasteiger partial charge in [-0.3, -0.25) is 9.59 Å². The predicted octanol–water partition coefficient (Wildman–Crippen LogP) is 3.70. The number of nitrogens with one attached hydrogen (secondary N) is 2. The second-order valence-corrected chi connectivity index (χ2v) is 7.80. The number of carbonyl (C=O) groups is 1. The molecule has 1 amide bonds. The van der Waals surface area contributed by atoms with Gasteiger partial charge in [-0.2, -0.15) is 5.10 Å². The van der Waals surface area contributed by atoms with Crippen LogP contribution in [-0.2, 0) is 10.2 Å². The molecule has 31 heavy (non-hydrogen) atoms. The van der Waals surface area contributed by atoms with Crippen molar-refractivity contribution in [2.24, 2.45) is 0 Å². The van der Waals surface area contributed by atoms with Gasteiger partial charge in [0.1, 0.15) is 11.2 Å². The molecule has 1 fully saturated rings. The van der Waals surface area contributed by atoms with Gasteiger partial charge < -0.3 is 10.3 Å². The van der Waals surface area contributed by atoms with Gasteiger partial charge in [0.05, 0.1) is 23.6 Å². The van der Waals surface area contributed by atoms with Crippen LogP contribution in [0.1, 0.15) is 31.2 Å². The fourth-order valence-corrected chi connectivity index (χ4v) is 4.43.